The number of thiol groups is 1. The largest absolute Gasteiger partial charge is 0.303 e. The standard InChI is InChI=1S/C13H27NS/c1-13-7-6-10-14(11-8-13)9-4-2-3-5-12-15/h13,15H,2-12H2,1H3. The average Bonchev–Trinajstić information content (AvgIpc) is 2.43. The first-order chi connectivity index (χ1) is 7.33. The van der Waals surface area contributed by atoms with Crippen molar-refractivity contribution in [2.45, 2.75) is 51.9 Å². The molecule has 1 saturated heterocycles. The second-order valence-electron chi connectivity index (χ2n) is 5.02. The molecule has 0 aromatic rings. The minimum Gasteiger partial charge on any atom is -0.303 e. The molecule has 0 aromatic carbocycles. The molecule has 1 aliphatic rings. The molecule has 0 radical (unpaired) electrons. The lowest BCUT2D eigenvalue weighted by Crippen LogP contribution is -2.25. The molecule has 1 fully saturated rings. The molecule has 1 heterocycles. The zero-order valence-corrected chi connectivity index (χ0v) is 11.1. The van der Waals surface area contributed by atoms with Gasteiger partial charge in [-0.15, -0.1) is 0 Å². The van der Waals surface area contributed by atoms with Crippen molar-refractivity contribution in [1.82, 2.24) is 4.90 Å². The maximum atomic E-state index is 4.24. The van der Waals surface area contributed by atoms with Gasteiger partial charge in [0.05, 0.1) is 0 Å². The molecule has 0 N–H and O–H groups in total. The minimum absolute atomic E-state index is 0.958. The van der Waals surface area contributed by atoms with E-state index >= 15 is 0 Å². The molecule has 0 bridgehead atoms. The van der Waals surface area contributed by atoms with Crippen molar-refractivity contribution in [2.75, 3.05) is 25.4 Å². The molecule has 2 heteroatoms. The highest BCUT2D eigenvalue weighted by atomic mass is 32.1. The van der Waals surface area contributed by atoms with Crippen molar-refractivity contribution in [1.29, 1.82) is 0 Å². The predicted octanol–water partition coefficient (Wildman–Crippen LogP) is 3.60. The molecule has 0 aliphatic carbocycles. The van der Waals surface area contributed by atoms with Gasteiger partial charge in [-0.25, -0.2) is 0 Å². The molecule has 0 saturated carbocycles. The van der Waals surface area contributed by atoms with Crippen LogP contribution in [0.2, 0.25) is 0 Å². The molecule has 90 valence electrons. The first-order valence-electron chi connectivity index (χ1n) is 6.66. The van der Waals surface area contributed by atoms with E-state index in [0.29, 0.717) is 0 Å². The Morgan fingerprint density at radius 3 is 2.67 bits per heavy atom. The van der Waals surface area contributed by atoms with Crippen molar-refractivity contribution in [3.05, 3.63) is 0 Å². The summed E-state index contributed by atoms with van der Waals surface area (Å²) in [4.78, 5) is 2.67. The summed E-state index contributed by atoms with van der Waals surface area (Å²) < 4.78 is 0. The van der Waals surface area contributed by atoms with Crippen molar-refractivity contribution in [3.63, 3.8) is 0 Å². The van der Waals surface area contributed by atoms with E-state index in [0.717, 1.165) is 11.7 Å². The van der Waals surface area contributed by atoms with Crippen LogP contribution in [0, 0.1) is 5.92 Å². The summed E-state index contributed by atoms with van der Waals surface area (Å²) >= 11 is 4.24. The van der Waals surface area contributed by atoms with Crippen molar-refractivity contribution < 1.29 is 0 Å². The third-order valence-electron chi connectivity index (χ3n) is 3.49. The molecule has 0 spiro atoms. The Morgan fingerprint density at radius 2 is 1.87 bits per heavy atom. The van der Waals surface area contributed by atoms with Gasteiger partial charge < -0.3 is 4.90 Å². The lowest BCUT2D eigenvalue weighted by molar-refractivity contribution is 0.275. The summed E-state index contributed by atoms with van der Waals surface area (Å²) in [7, 11) is 0. The topological polar surface area (TPSA) is 3.24 Å². The summed E-state index contributed by atoms with van der Waals surface area (Å²) in [6.45, 7) is 6.42. The van der Waals surface area contributed by atoms with Gasteiger partial charge in [-0.3, -0.25) is 0 Å². The van der Waals surface area contributed by atoms with Crippen molar-refractivity contribution in [3.8, 4) is 0 Å². The van der Waals surface area contributed by atoms with Crippen LogP contribution in [0.15, 0.2) is 0 Å². The molecule has 1 unspecified atom stereocenters. The second kappa shape index (κ2) is 8.46. The molecule has 1 rings (SSSR count). The van der Waals surface area contributed by atoms with Crippen LogP contribution in [0.3, 0.4) is 0 Å². The third kappa shape index (κ3) is 6.47. The first-order valence-corrected chi connectivity index (χ1v) is 7.29. The number of hydrogen-bond acceptors (Lipinski definition) is 2. The Balaban J connectivity index is 2.00. The van der Waals surface area contributed by atoms with E-state index in [1.54, 1.807) is 0 Å². The Morgan fingerprint density at radius 1 is 1.07 bits per heavy atom. The third-order valence-corrected chi connectivity index (χ3v) is 3.81. The van der Waals surface area contributed by atoms with Gasteiger partial charge in [-0.1, -0.05) is 19.8 Å². The van der Waals surface area contributed by atoms with Crippen LogP contribution in [0.5, 0.6) is 0 Å². The van der Waals surface area contributed by atoms with Crippen LogP contribution in [0.4, 0.5) is 0 Å². The van der Waals surface area contributed by atoms with Crippen molar-refractivity contribution in [2.24, 2.45) is 5.92 Å². The predicted molar refractivity (Wildman–Crippen MR) is 71.8 cm³/mol. The van der Waals surface area contributed by atoms with E-state index in [1.165, 1.54) is 64.6 Å². The highest BCUT2D eigenvalue weighted by Gasteiger charge is 2.12. The Kier molecular flexibility index (Phi) is 7.54. The van der Waals surface area contributed by atoms with Crippen molar-refractivity contribution >= 4 is 12.6 Å². The van der Waals surface area contributed by atoms with E-state index in [1.807, 2.05) is 0 Å². The molecule has 0 aromatic heterocycles. The zero-order chi connectivity index (χ0) is 10.9. The lowest BCUT2D eigenvalue weighted by Gasteiger charge is -2.19. The summed E-state index contributed by atoms with van der Waals surface area (Å²) in [6, 6.07) is 0. The van der Waals surface area contributed by atoms with E-state index in [2.05, 4.69) is 24.5 Å². The average molecular weight is 229 g/mol. The number of nitrogens with zero attached hydrogens (tertiary/aromatic N) is 1. The van der Waals surface area contributed by atoms with Crippen LogP contribution < -0.4 is 0 Å². The Labute approximate surface area is 101 Å². The fourth-order valence-electron chi connectivity index (χ4n) is 2.35. The van der Waals surface area contributed by atoms with Gasteiger partial charge in [0, 0.05) is 0 Å². The molecular formula is C13H27NS. The molecule has 1 atom stereocenters. The Hall–Kier alpha value is 0.310. The van der Waals surface area contributed by atoms with Crippen LogP contribution in [-0.4, -0.2) is 30.3 Å². The van der Waals surface area contributed by atoms with Crippen LogP contribution in [0.1, 0.15) is 51.9 Å². The number of likely N-dealkylation sites (tertiary alicyclic amines) is 1. The quantitative estimate of drug-likeness (QED) is 0.538. The maximum Gasteiger partial charge on any atom is -0.00162 e. The normalized spacial score (nSPS) is 24.0. The lowest BCUT2D eigenvalue weighted by atomic mass is 10.0. The summed E-state index contributed by atoms with van der Waals surface area (Å²) in [5, 5.41) is 0. The maximum absolute atomic E-state index is 4.24. The summed E-state index contributed by atoms with van der Waals surface area (Å²) in [5.74, 6) is 2.01. The number of unbranched alkanes of at least 4 members (excludes halogenated alkanes) is 3. The highest BCUT2D eigenvalue weighted by Crippen LogP contribution is 2.16. The monoisotopic (exact) mass is 229 g/mol. The van der Waals surface area contributed by atoms with Crippen LogP contribution in [0.25, 0.3) is 0 Å². The van der Waals surface area contributed by atoms with Crippen LogP contribution in [-0.2, 0) is 0 Å². The number of hydrogen-bond donors (Lipinski definition) is 1. The minimum atomic E-state index is 0.958. The smallest absolute Gasteiger partial charge is 0.00162 e. The van der Waals surface area contributed by atoms with E-state index in [4.69, 9.17) is 0 Å². The first kappa shape index (κ1) is 13.4. The van der Waals surface area contributed by atoms with Gasteiger partial charge in [0.25, 0.3) is 0 Å². The van der Waals surface area contributed by atoms with Gasteiger partial charge >= 0.3 is 0 Å². The van der Waals surface area contributed by atoms with E-state index < -0.39 is 0 Å². The van der Waals surface area contributed by atoms with Gasteiger partial charge in [0.15, 0.2) is 0 Å². The molecule has 15 heavy (non-hydrogen) atoms. The molecule has 0 amide bonds. The zero-order valence-electron chi connectivity index (χ0n) is 10.2. The van der Waals surface area contributed by atoms with Gasteiger partial charge in [-0.05, 0) is 63.4 Å². The molecular weight excluding hydrogens is 202 g/mol. The van der Waals surface area contributed by atoms with E-state index in [-0.39, 0.29) is 0 Å². The fourth-order valence-corrected chi connectivity index (χ4v) is 2.57. The number of rotatable bonds is 6. The van der Waals surface area contributed by atoms with Crippen LogP contribution >= 0.6 is 12.6 Å². The summed E-state index contributed by atoms with van der Waals surface area (Å²) in [5.41, 5.74) is 0. The highest BCUT2D eigenvalue weighted by molar-refractivity contribution is 7.80. The summed E-state index contributed by atoms with van der Waals surface area (Å²) in [6.07, 6.45) is 9.72. The van der Waals surface area contributed by atoms with Gasteiger partial charge in [0.1, 0.15) is 0 Å². The SMILES string of the molecule is CC1CCCN(CCCCCCS)CC1. The Bertz CT molecular complexity index is 149. The van der Waals surface area contributed by atoms with Gasteiger partial charge in [0.2, 0.25) is 0 Å². The second-order valence-corrected chi connectivity index (χ2v) is 5.46. The molecule has 1 nitrogen and oxygen atoms in total. The van der Waals surface area contributed by atoms with E-state index in [9.17, 15) is 0 Å². The van der Waals surface area contributed by atoms with Gasteiger partial charge in [-0.2, -0.15) is 12.6 Å². The molecule has 1 aliphatic heterocycles. The fraction of sp³-hybridized carbons (Fsp3) is 1.00.